The lowest BCUT2D eigenvalue weighted by molar-refractivity contribution is -0.112. The molecule has 0 saturated carbocycles. The molecule has 2 heterocycles. The summed E-state index contributed by atoms with van der Waals surface area (Å²) in [5, 5.41) is 22.8. The second-order valence-corrected chi connectivity index (χ2v) is 9.07. The van der Waals surface area contributed by atoms with Crippen molar-refractivity contribution < 1.29 is 19.1 Å². The first-order valence-electron chi connectivity index (χ1n) is 10.6. The Kier molecular flexibility index (Phi) is 6.16. The minimum absolute atomic E-state index is 0.108. The molecule has 6 nitrogen and oxygen atoms in total. The Labute approximate surface area is 194 Å². The van der Waals surface area contributed by atoms with Gasteiger partial charge in [0.1, 0.15) is 22.5 Å². The first-order chi connectivity index (χ1) is 15.8. The second kappa shape index (κ2) is 9.04. The van der Waals surface area contributed by atoms with E-state index in [2.05, 4.69) is 5.32 Å². The monoisotopic (exact) mass is 463 g/mol. The Bertz CT molecular complexity index is 1330. The summed E-state index contributed by atoms with van der Waals surface area (Å²) in [7, 11) is 0. The van der Waals surface area contributed by atoms with Crippen LogP contribution in [0.4, 0.5) is 10.1 Å². The van der Waals surface area contributed by atoms with Gasteiger partial charge in [0.2, 0.25) is 0 Å². The highest BCUT2D eigenvalue weighted by molar-refractivity contribution is 7.15. The van der Waals surface area contributed by atoms with Crippen molar-refractivity contribution in [2.45, 2.75) is 39.5 Å². The molecule has 0 aliphatic heterocycles. The van der Waals surface area contributed by atoms with Crippen LogP contribution in [0.5, 0.6) is 0 Å². The quantitative estimate of drug-likeness (QED) is 0.390. The van der Waals surface area contributed by atoms with E-state index < -0.39 is 17.7 Å². The van der Waals surface area contributed by atoms with Crippen LogP contribution in [0.1, 0.15) is 50.6 Å². The molecule has 2 aromatic heterocycles. The zero-order chi connectivity index (χ0) is 23.7. The van der Waals surface area contributed by atoms with Crippen LogP contribution >= 0.6 is 11.3 Å². The highest BCUT2D eigenvalue weighted by atomic mass is 32.1. The van der Waals surface area contributed by atoms with Gasteiger partial charge in [-0.05, 0) is 87.1 Å². The largest absolute Gasteiger partial charge is 0.478 e. The number of fused-ring (bicyclic) bond motifs is 1. The third-order valence-electron chi connectivity index (χ3n) is 5.81. The molecule has 0 saturated heterocycles. The predicted molar refractivity (Wildman–Crippen MR) is 125 cm³/mol. The maximum absolute atomic E-state index is 13.1. The summed E-state index contributed by atoms with van der Waals surface area (Å²) in [5.41, 5.74) is 3.76. The average molecular weight is 464 g/mol. The Morgan fingerprint density at radius 3 is 2.58 bits per heavy atom. The molecule has 8 heteroatoms. The summed E-state index contributed by atoms with van der Waals surface area (Å²) < 4.78 is 15.0. The first kappa shape index (κ1) is 22.5. The molecular formula is C25H22FN3O3S. The number of carboxylic acid groups (broad SMARTS) is 1. The molecule has 2 N–H and O–H groups in total. The van der Waals surface area contributed by atoms with Gasteiger partial charge in [-0.15, -0.1) is 11.3 Å². The van der Waals surface area contributed by atoms with E-state index in [1.54, 1.807) is 0 Å². The molecule has 168 valence electrons. The zero-order valence-corrected chi connectivity index (χ0v) is 19.1. The molecule has 0 unspecified atom stereocenters. The maximum Gasteiger partial charge on any atom is 0.339 e. The highest BCUT2D eigenvalue weighted by Crippen LogP contribution is 2.39. The van der Waals surface area contributed by atoms with Gasteiger partial charge in [-0.3, -0.25) is 4.79 Å². The minimum atomic E-state index is -0.939. The number of hydrogen-bond acceptors (Lipinski definition) is 4. The SMILES string of the molecule is Cc1cc(/C=C(/C#N)C(=O)Nc2ccc(F)cc2)c(C)n1-c1sc2c(c1C(=O)O)CCCC2. The molecule has 0 spiro atoms. The molecule has 1 amide bonds. The number of carbonyl (C=O) groups excluding carboxylic acids is 1. The fourth-order valence-electron chi connectivity index (χ4n) is 4.21. The number of rotatable bonds is 5. The van der Waals surface area contributed by atoms with E-state index in [0.29, 0.717) is 21.8 Å². The summed E-state index contributed by atoms with van der Waals surface area (Å²) >= 11 is 1.51. The molecule has 0 bridgehead atoms. The molecule has 1 aliphatic rings. The van der Waals surface area contributed by atoms with E-state index in [4.69, 9.17) is 0 Å². The lowest BCUT2D eigenvalue weighted by atomic mass is 9.95. The van der Waals surface area contributed by atoms with Crippen LogP contribution in [0.2, 0.25) is 0 Å². The number of amides is 1. The van der Waals surface area contributed by atoms with Gasteiger partial charge >= 0.3 is 5.97 Å². The van der Waals surface area contributed by atoms with E-state index in [-0.39, 0.29) is 5.57 Å². The summed E-state index contributed by atoms with van der Waals surface area (Å²) in [6, 6.07) is 9.03. The van der Waals surface area contributed by atoms with Crippen LogP contribution in [-0.4, -0.2) is 21.6 Å². The number of aromatic nitrogens is 1. The number of nitriles is 1. The van der Waals surface area contributed by atoms with Crippen LogP contribution < -0.4 is 5.32 Å². The number of thiophene rings is 1. The summed E-state index contributed by atoms with van der Waals surface area (Å²) in [6.07, 6.45) is 5.18. The molecule has 4 rings (SSSR count). The summed E-state index contributed by atoms with van der Waals surface area (Å²) in [6.45, 7) is 3.72. The van der Waals surface area contributed by atoms with Crippen molar-refractivity contribution in [2.24, 2.45) is 0 Å². The van der Waals surface area contributed by atoms with Crippen LogP contribution in [0, 0.1) is 31.0 Å². The van der Waals surface area contributed by atoms with Gasteiger partial charge in [-0.1, -0.05) is 0 Å². The number of aryl methyl sites for hydroxylation is 2. The van der Waals surface area contributed by atoms with Crippen molar-refractivity contribution in [3.05, 3.63) is 74.7 Å². The smallest absolute Gasteiger partial charge is 0.339 e. The molecule has 0 atom stereocenters. The van der Waals surface area contributed by atoms with Gasteiger partial charge < -0.3 is 15.0 Å². The number of hydrogen-bond donors (Lipinski definition) is 2. The third kappa shape index (κ3) is 4.32. The number of halogens is 1. The van der Waals surface area contributed by atoms with Crippen molar-refractivity contribution in [3.63, 3.8) is 0 Å². The van der Waals surface area contributed by atoms with Crippen LogP contribution in [0.15, 0.2) is 35.9 Å². The number of carboxylic acids is 1. The first-order valence-corrected chi connectivity index (χ1v) is 11.4. The zero-order valence-electron chi connectivity index (χ0n) is 18.2. The number of nitrogens with one attached hydrogen (secondary N) is 1. The van der Waals surface area contributed by atoms with Crippen molar-refractivity contribution in [3.8, 4) is 11.1 Å². The van der Waals surface area contributed by atoms with Crippen LogP contribution in [0.25, 0.3) is 11.1 Å². The third-order valence-corrected chi connectivity index (χ3v) is 7.08. The Morgan fingerprint density at radius 1 is 1.21 bits per heavy atom. The average Bonchev–Trinajstić information content (AvgIpc) is 3.29. The fraction of sp³-hybridized carbons (Fsp3) is 0.240. The standard InChI is InChI=1S/C25H22FN3O3S/c1-14-11-16(12-17(13-27)23(30)28-19-9-7-18(26)8-10-19)15(2)29(14)24-22(25(31)32)20-5-3-4-6-21(20)33-24/h7-12H,3-6H2,1-2H3,(H,28,30)(H,31,32)/b17-12-. The normalized spacial score (nSPS) is 13.3. The van der Waals surface area contributed by atoms with E-state index in [1.807, 2.05) is 30.6 Å². The van der Waals surface area contributed by atoms with Crippen molar-refractivity contribution >= 4 is 35.0 Å². The number of nitrogens with zero attached hydrogens (tertiary/aromatic N) is 2. The lowest BCUT2D eigenvalue weighted by Crippen LogP contribution is -2.13. The fourth-order valence-corrected chi connectivity index (χ4v) is 5.70. The number of benzene rings is 1. The van der Waals surface area contributed by atoms with E-state index in [0.717, 1.165) is 47.5 Å². The number of aromatic carboxylic acids is 1. The predicted octanol–water partition coefficient (Wildman–Crippen LogP) is 5.42. The van der Waals surface area contributed by atoms with Crippen molar-refractivity contribution in [2.75, 3.05) is 5.32 Å². The van der Waals surface area contributed by atoms with Gasteiger partial charge in [-0.2, -0.15) is 5.26 Å². The second-order valence-electron chi connectivity index (χ2n) is 7.99. The molecule has 1 aromatic carbocycles. The van der Waals surface area contributed by atoms with Gasteiger partial charge in [0.05, 0.1) is 5.56 Å². The highest BCUT2D eigenvalue weighted by Gasteiger charge is 2.27. The van der Waals surface area contributed by atoms with E-state index >= 15 is 0 Å². The summed E-state index contributed by atoms with van der Waals surface area (Å²) in [4.78, 5) is 25.9. The molecule has 1 aliphatic carbocycles. The summed E-state index contributed by atoms with van der Waals surface area (Å²) in [5.74, 6) is -1.97. The van der Waals surface area contributed by atoms with Crippen LogP contribution in [0.3, 0.4) is 0 Å². The molecular weight excluding hydrogens is 441 g/mol. The van der Waals surface area contributed by atoms with Crippen molar-refractivity contribution in [1.82, 2.24) is 4.57 Å². The Balaban J connectivity index is 1.72. The lowest BCUT2D eigenvalue weighted by Gasteiger charge is -2.11. The van der Waals surface area contributed by atoms with Gasteiger partial charge in [-0.25, -0.2) is 9.18 Å². The minimum Gasteiger partial charge on any atom is -0.478 e. The topological polar surface area (TPSA) is 95.1 Å². The number of anilines is 1. The van der Waals surface area contributed by atoms with Crippen molar-refractivity contribution in [1.29, 1.82) is 5.26 Å². The van der Waals surface area contributed by atoms with E-state index in [9.17, 15) is 24.3 Å². The van der Waals surface area contributed by atoms with Gasteiger partial charge in [0.25, 0.3) is 5.91 Å². The van der Waals surface area contributed by atoms with E-state index in [1.165, 1.54) is 41.7 Å². The van der Waals surface area contributed by atoms with Gasteiger partial charge in [0, 0.05) is 22.0 Å². The molecule has 0 radical (unpaired) electrons. The Morgan fingerprint density at radius 2 is 1.91 bits per heavy atom. The Hall–Kier alpha value is -3.70. The maximum atomic E-state index is 13.1. The molecule has 3 aromatic rings. The number of carbonyl (C=O) groups is 2. The van der Waals surface area contributed by atoms with Crippen LogP contribution in [-0.2, 0) is 17.6 Å². The van der Waals surface area contributed by atoms with Gasteiger partial charge in [0.15, 0.2) is 0 Å². The molecule has 0 fully saturated rings. The molecule has 33 heavy (non-hydrogen) atoms.